The lowest BCUT2D eigenvalue weighted by atomic mass is 10.2. The summed E-state index contributed by atoms with van der Waals surface area (Å²) in [6.07, 6.45) is 10.9. The average Bonchev–Trinajstić information content (AvgIpc) is 3.13. The number of phenolic OH excluding ortho intramolecular Hbond substituents is 1. The average molecular weight is 480 g/mol. The SMILES string of the molecule is C[SH](C)(C)(C)CCOCn1c(-c2cc3ccsc3cn2)nc2c(Cl)cc(O)cc2c1=O. The van der Waals surface area contributed by atoms with Crippen LogP contribution in [0.1, 0.15) is 0 Å². The summed E-state index contributed by atoms with van der Waals surface area (Å²) in [4.78, 5) is 22.5. The third-order valence-corrected chi connectivity index (χ3v) is 8.04. The standard InChI is InChI=1S/C22H26ClN3O3S2/c1-31(2,3,4)8-6-29-13-26-21(18-9-14-5-7-30-19(14)12-24-18)25-20-16(22(26)28)10-15(27)11-17(20)23/h5,7,9-12,27,31H,6,8,13H2,1-4H3. The number of thiophene rings is 1. The van der Waals surface area contributed by atoms with Gasteiger partial charge in [0.2, 0.25) is 0 Å². The lowest BCUT2D eigenvalue weighted by Gasteiger charge is -2.46. The van der Waals surface area contributed by atoms with E-state index in [-0.39, 0.29) is 28.4 Å². The molecule has 0 fully saturated rings. The predicted octanol–water partition coefficient (Wildman–Crippen LogP) is 4.60. The largest absolute Gasteiger partial charge is 0.508 e. The Morgan fingerprint density at radius 1 is 1.23 bits per heavy atom. The Labute approximate surface area is 189 Å². The third-order valence-electron chi connectivity index (χ3n) is 4.92. The molecule has 6 nitrogen and oxygen atoms in total. The van der Waals surface area contributed by atoms with Gasteiger partial charge in [-0.05, 0) is 59.7 Å². The number of fused-ring (bicyclic) bond motifs is 2. The molecule has 0 atom stereocenters. The maximum atomic E-state index is 13.4. The first-order valence-electron chi connectivity index (χ1n) is 9.82. The second-order valence-corrected chi connectivity index (χ2v) is 19.4. The molecule has 0 spiro atoms. The van der Waals surface area contributed by atoms with Gasteiger partial charge in [0.05, 0.1) is 27.2 Å². The number of hydrogen-bond donors (Lipinski definition) is 2. The van der Waals surface area contributed by atoms with Gasteiger partial charge < -0.3 is 9.84 Å². The summed E-state index contributed by atoms with van der Waals surface area (Å²) in [5.41, 5.74) is 0.565. The molecule has 3 aromatic heterocycles. The van der Waals surface area contributed by atoms with Crippen molar-refractivity contribution in [1.29, 1.82) is 0 Å². The number of rotatable bonds is 6. The van der Waals surface area contributed by atoms with E-state index >= 15 is 0 Å². The number of aromatic nitrogens is 3. The Hall–Kier alpha value is -2.13. The van der Waals surface area contributed by atoms with Crippen LogP contribution in [0.4, 0.5) is 0 Å². The van der Waals surface area contributed by atoms with Crippen LogP contribution in [0.3, 0.4) is 0 Å². The van der Waals surface area contributed by atoms with Crippen molar-refractivity contribution in [2.45, 2.75) is 6.73 Å². The number of nitrogens with zero attached hydrogens (tertiary/aromatic N) is 3. The third kappa shape index (κ3) is 4.87. The van der Waals surface area contributed by atoms with E-state index in [9.17, 15) is 9.90 Å². The first kappa shape index (κ1) is 22.1. The van der Waals surface area contributed by atoms with E-state index < -0.39 is 9.16 Å². The second-order valence-electron chi connectivity index (χ2n) is 9.73. The molecule has 0 bridgehead atoms. The lowest BCUT2D eigenvalue weighted by molar-refractivity contribution is 0.0879. The molecular formula is C22H26ClN3O3S2. The maximum absolute atomic E-state index is 13.4. The molecule has 1 aromatic carbocycles. The molecular weight excluding hydrogens is 454 g/mol. The Bertz CT molecular complexity index is 1350. The molecule has 0 aliphatic heterocycles. The first-order valence-corrected chi connectivity index (χ1v) is 15.3. The van der Waals surface area contributed by atoms with Gasteiger partial charge in [-0.15, -0.1) is 11.3 Å². The van der Waals surface area contributed by atoms with Crippen molar-refractivity contribution < 1.29 is 9.84 Å². The van der Waals surface area contributed by atoms with Gasteiger partial charge in [-0.3, -0.25) is 23.5 Å². The fourth-order valence-corrected chi connectivity index (χ4v) is 5.01. The summed E-state index contributed by atoms with van der Waals surface area (Å²) in [7, 11) is -1.72. The number of thiol groups is 1. The van der Waals surface area contributed by atoms with Crippen molar-refractivity contribution in [2.75, 3.05) is 37.4 Å². The number of ether oxygens (including phenoxy) is 1. The van der Waals surface area contributed by atoms with Gasteiger partial charge in [0.25, 0.3) is 5.56 Å². The van der Waals surface area contributed by atoms with Crippen LogP contribution in [0.25, 0.3) is 32.5 Å². The van der Waals surface area contributed by atoms with Gasteiger partial charge in [-0.2, -0.15) is 0 Å². The molecule has 4 aromatic rings. The lowest BCUT2D eigenvalue weighted by Crippen LogP contribution is -2.27. The summed E-state index contributed by atoms with van der Waals surface area (Å²) in [5.74, 6) is 1.25. The van der Waals surface area contributed by atoms with E-state index in [1.165, 1.54) is 16.7 Å². The quantitative estimate of drug-likeness (QED) is 0.312. The molecule has 0 aliphatic carbocycles. The molecule has 0 saturated heterocycles. The molecule has 9 heteroatoms. The summed E-state index contributed by atoms with van der Waals surface area (Å²) >= 11 is 7.90. The van der Waals surface area contributed by atoms with E-state index in [1.807, 2.05) is 17.5 Å². The zero-order valence-corrected chi connectivity index (χ0v) is 20.4. The van der Waals surface area contributed by atoms with Gasteiger partial charge in [0.15, 0.2) is 5.82 Å². The van der Waals surface area contributed by atoms with E-state index in [0.717, 1.165) is 15.8 Å². The van der Waals surface area contributed by atoms with Crippen molar-refractivity contribution in [3.8, 4) is 17.3 Å². The second kappa shape index (κ2) is 7.78. The molecule has 0 unspecified atom stereocenters. The minimum Gasteiger partial charge on any atom is -0.508 e. The smallest absolute Gasteiger partial charge is 0.263 e. The molecule has 31 heavy (non-hydrogen) atoms. The zero-order valence-electron chi connectivity index (χ0n) is 17.9. The van der Waals surface area contributed by atoms with Crippen molar-refractivity contribution >= 4 is 53.1 Å². The first-order chi connectivity index (χ1) is 14.5. The maximum Gasteiger partial charge on any atom is 0.263 e. The van der Waals surface area contributed by atoms with Gasteiger partial charge in [0, 0.05) is 12.3 Å². The van der Waals surface area contributed by atoms with Crippen LogP contribution in [-0.2, 0) is 11.5 Å². The molecule has 0 aliphatic rings. The highest BCUT2D eigenvalue weighted by atomic mass is 35.5. The summed E-state index contributed by atoms with van der Waals surface area (Å²) in [5, 5.41) is 13.4. The van der Waals surface area contributed by atoms with E-state index in [0.29, 0.717) is 23.6 Å². The highest BCUT2D eigenvalue weighted by Gasteiger charge is 2.20. The molecule has 0 amide bonds. The van der Waals surface area contributed by atoms with Crippen molar-refractivity contribution in [3.05, 3.63) is 51.2 Å². The van der Waals surface area contributed by atoms with E-state index in [4.69, 9.17) is 16.3 Å². The zero-order chi connectivity index (χ0) is 22.4. The Morgan fingerprint density at radius 2 is 2.00 bits per heavy atom. The van der Waals surface area contributed by atoms with E-state index in [1.54, 1.807) is 17.5 Å². The van der Waals surface area contributed by atoms with Crippen LogP contribution in [0, 0.1) is 0 Å². The van der Waals surface area contributed by atoms with Crippen molar-refractivity contribution in [1.82, 2.24) is 14.5 Å². The number of pyridine rings is 1. The fraction of sp³-hybridized carbons (Fsp3) is 0.318. The normalized spacial score (nSPS) is 13.5. The van der Waals surface area contributed by atoms with Crippen LogP contribution in [0.15, 0.2) is 40.6 Å². The van der Waals surface area contributed by atoms with Crippen molar-refractivity contribution in [3.63, 3.8) is 0 Å². The highest BCUT2D eigenvalue weighted by Crippen LogP contribution is 2.54. The van der Waals surface area contributed by atoms with Crippen LogP contribution in [0.5, 0.6) is 5.75 Å². The fourth-order valence-electron chi connectivity index (χ4n) is 3.16. The van der Waals surface area contributed by atoms with Crippen LogP contribution in [-0.4, -0.2) is 57.0 Å². The minimum atomic E-state index is -1.72. The number of benzene rings is 1. The van der Waals surface area contributed by atoms with Crippen LogP contribution in [0.2, 0.25) is 5.02 Å². The Morgan fingerprint density at radius 3 is 2.74 bits per heavy atom. The van der Waals surface area contributed by atoms with Gasteiger partial charge in [0.1, 0.15) is 18.2 Å². The number of hydrogen-bond acceptors (Lipinski definition) is 6. The monoisotopic (exact) mass is 479 g/mol. The number of halogens is 1. The van der Waals surface area contributed by atoms with Crippen LogP contribution < -0.4 is 5.56 Å². The molecule has 1 N–H and O–H groups in total. The summed E-state index contributed by atoms with van der Waals surface area (Å²) in [6.45, 7) is 0.583. The molecule has 0 saturated carbocycles. The topological polar surface area (TPSA) is 77.2 Å². The highest BCUT2D eigenvalue weighted by molar-refractivity contribution is 8.47. The molecule has 4 rings (SSSR count). The van der Waals surface area contributed by atoms with Gasteiger partial charge in [-0.1, -0.05) is 11.6 Å². The summed E-state index contributed by atoms with van der Waals surface area (Å²) in [6, 6.07) is 6.68. The van der Waals surface area contributed by atoms with Crippen molar-refractivity contribution in [2.24, 2.45) is 0 Å². The molecule has 0 radical (unpaired) electrons. The van der Waals surface area contributed by atoms with Gasteiger partial charge >= 0.3 is 0 Å². The van der Waals surface area contributed by atoms with E-state index in [2.05, 4.69) is 35.0 Å². The molecule has 166 valence electrons. The Kier molecular flexibility index (Phi) is 5.54. The number of phenols is 1. The minimum absolute atomic E-state index is 0.0419. The van der Waals surface area contributed by atoms with Crippen LogP contribution >= 0.6 is 32.1 Å². The Balaban J connectivity index is 1.82. The predicted molar refractivity (Wildman–Crippen MR) is 135 cm³/mol. The summed E-state index contributed by atoms with van der Waals surface area (Å²) < 4.78 is 8.44. The van der Waals surface area contributed by atoms with Gasteiger partial charge in [-0.25, -0.2) is 4.98 Å². The molecule has 3 heterocycles. The number of aromatic hydroxyl groups is 1.